The number of hydrogen-bond donors (Lipinski definition) is 0. The molecule has 10 rings (SSSR count). The SMILES string of the molecule is c1ccc(-n2c3ccc4c(c3c3ccc5c(c6ncccc6n6c7ncccc7nc56)c32)Cc2ccccc2-4)cc1. The predicted octanol–water partition coefficient (Wildman–Crippen LogP) is 8.25. The third kappa shape index (κ3) is 2.63. The lowest BCUT2D eigenvalue weighted by Gasteiger charge is -2.12. The second kappa shape index (κ2) is 7.55. The molecular formula is C36H21N5. The van der Waals surface area contributed by atoms with E-state index in [9.17, 15) is 0 Å². The van der Waals surface area contributed by atoms with Gasteiger partial charge < -0.3 is 4.57 Å². The topological polar surface area (TPSA) is 48.0 Å². The molecule has 5 heteroatoms. The van der Waals surface area contributed by atoms with Crippen LogP contribution in [0.1, 0.15) is 11.1 Å². The van der Waals surface area contributed by atoms with Crippen LogP contribution in [0.3, 0.4) is 0 Å². The summed E-state index contributed by atoms with van der Waals surface area (Å²) in [6, 6.07) is 36.8. The number of nitrogens with zero attached hydrogens (tertiary/aromatic N) is 5. The zero-order chi connectivity index (χ0) is 26.7. The summed E-state index contributed by atoms with van der Waals surface area (Å²) in [5.74, 6) is 0. The average Bonchev–Trinajstić information content (AvgIpc) is 3.71. The Bertz CT molecular complexity index is 2550. The Labute approximate surface area is 234 Å². The molecule has 9 aromatic rings. The zero-order valence-corrected chi connectivity index (χ0v) is 21.9. The lowest BCUT2D eigenvalue weighted by Crippen LogP contribution is -1.98. The quantitative estimate of drug-likeness (QED) is 0.204. The highest BCUT2D eigenvalue weighted by Crippen LogP contribution is 2.47. The van der Waals surface area contributed by atoms with Gasteiger partial charge in [-0.15, -0.1) is 0 Å². The van der Waals surface area contributed by atoms with E-state index in [0.717, 1.165) is 50.7 Å². The zero-order valence-electron chi connectivity index (χ0n) is 21.9. The van der Waals surface area contributed by atoms with Gasteiger partial charge in [-0.2, -0.15) is 0 Å². The van der Waals surface area contributed by atoms with E-state index in [-0.39, 0.29) is 0 Å². The van der Waals surface area contributed by atoms with Crippen LogP contribution in [0.2, 0.25) is 0 Å². The van der Waals surface area contributed by atoms with Gasteiger partial charge in [-0.1, -0.05) is 54.6 Å². The van der Waals surface area contributed by atoms with Gasteiger partial charge in [0.15, 0.2) is 5.65 Å². The highest BCUT2D eigenvalue weighted by molar-refractivity contribution is 6.28. The monoisotopic (exact) mass is 523 g/mol. The van der Waals surface area contributed by atoms with Crippen LogP contribution >= 0.6 is 0 Å². The minimum absolute atomic E-state index is 0.849. The molecule has 4 aromatic carbocycles. The molecule has 0 bridgehead atoms. The van der Waals surface area contributed by atoms with Crippen molar-refractivity contribution < 1.29 is 0 Å². The van der Waals surface area contributed by atoms with Gasteiger partial charge in [-0.25, -0.2) is 9.97 Å². The van der Waals surface area contributed by atoms with Gasteiger partial charge >= 0.3 is 0 Å². The molecule has 5 nitrogen and oxygen atoms in total. The van der Waals surface area contributed by atoms with E-state index >= 15 is 0 Å². The van der Waals surface area contributed by atoms with Crippen LogP contribution in [0.25, 0.3) is 77.2 Å². The fraction of sp³-hybridized carbons (Fsp3) is 0.0278. The van der Waals surface area contributed by atoms with Gasteiger partial charge in [-0.05, 0) is 77.2 Å². The summed E-state index contributed by atoms with van der Waals surface area (Å²) in [4.78, 5) is 14.8. The second-order valence-electron chi connectivity index (χ2n) is 10.9. The summed E-state index contributed by atoms with van der Waals surface area (Å²) in [5.41, 5.74) is 13.6. The molecule has 0 N–H and O–H groups in total. The Balaban J connectivity index is 1.49. The van der Waals surface area contributed by atoms with Crippen LogP contribution in [0.5, 0.6) is 0 Å². The van der Waals surface area contributed by atoms with Gasteiger partial charge in [0.25, 0.3) is 0 Å². The lowest BCUT2D eigenvalue weighted by atomic mass is 9.99. The molecule has 0 aliphatic heterocycles. The van der Waals surface area contributed by atoms with Crippen molar-refractivity contribution in [2.75, 3.05) is 0 Å². The maximum Gasteiger partial charge on any atom is 0.165 e. The molecular weight excluding hydrogens is 502 g/mol. The third-order valence-electron chi connectivity index (χ3n) is 8.81. The summed E-state index contributed by atoms with van der Waals surface area (Å²) in [6.07, 6.45) is 4.66. The van der Waals surface area contributed by atoms with Gasteiger partial charge in [0, 0.05) is 39.6 Å². The van der Waals surface area contributed by atoms with E-state index in [1.165, 1.54) is 44.1 Å². The highest BCUT2D eigenvalue weighted by atomic mass is 15.1. The molecule has 0 atom stereocenters. The summed E-state index contributed by atoms with van der Waals surface area (Å²) in [7, 11) is 0. The molecule has 0 saturated heterocycles. The van der Waals surface area contributed by atoms with E-state index in [1.807, 2.05) is 30.6 Å². The third-order valence-corrected chi connectivity index (χ3v) is 8.81. The van der Waals surface area contributed by atoms with Crippen molar-refractivity contribution in [3.05, 3.63) is 127 Å². The van der Waals surface area contributed by atoms with E-state index in [0.29, 0.717) is 0 Å². The Hall–Kier alpha value is -5.55. The first-order valence-electron chi connectivity index (χ1n) is 13.9. The highest BCUT2D eigenvalue weighted by Gasteiger charge is 2.26. The second-order valence-corrected chi connectivity index (χ2v) is 10.9. The van der Waals surface area contributed by atoms with Gasteiger partial charge in [0.1, 0.15) is 11.2 Å². The summed E-state index contributed by atoms with van der Waals surface area (Å²) >= 11 is 0. The predicted molar refractivity (Wildman–Crippen MR) is 166 cm³/mol. The van der Waals surface area contributed by atoms with Crippen molar-refractivity contribution in [2.24, 2.45) is 0 Å². The Morgan fingerprint density at radius 1 is 0.585 bits per heavy atom. The van der Waals surface area contributed by atoms with Gasteiger partial charge in [-0.3, -0.25) is 9.38 Å². The number of hydrogen-bond acceptors (Lipinski definition) is 3. The summed E-state index contributed by atoms with van der Waals surface area (Å²) in [6.45, 7) is 0. The normalized spacial score (nSPS) is 12.8. The maximum atomic E-state index is 5.10. The molecule has 0 amide bonds. The van der Waals surface area contributed by atoms with Crippen molar-refractivity contribution in [3.8, 4) is 16.8 Å². The van der Waals surface area contributed by atoms with E-state index in [2.05, 4.69) is 93.9 Å². The lowest BCUT2D eigenvalue weighted by molar-refractivity contribution is 1.18. The largest absolute Gasteiger partial charge is 0.309 e. The number of benzene rings is 4. The number of aromatic nitrogens is 5. The van der Waals surface area contributed by atoms with Crippen LogP contribution in [-0.2, 0) is 6.42 Å². The van der Waals surface area contributed by atoms with Crippen LogP contribution in [0.4, 0.5) is 0 Å². The molecule has 5 aromatic heterocycles. The van der Waals surface area contributed by atoms with E-state index < -0.39 is 0 Å². The van der Waals surface area contributed by atoms with Crippen molar-refractivity contribution >= 4 is 60.4 Å². The van der Waals surface area contributed by atoms with Gasteiger partial charge in [0.2, 0.25) is 0 Å². The molecule has 1 aliphatic carbocycles. The van der Waals surface area contributed by atoms with Crippen LogP contribution < -0.4 is 0 Å². The first-order chi connectivity index (χ1) is 20.4. The van der Waals surface area contributed by atoms with Gasteiger partial charge in [0.05, 0.1) is 22.1 Å². The maximum absolute atomic E-state index is 5.10. The molecule has 0 saturated carbocycles. The smallest absolute Gasteiger partial charge is 0.165 e. The molecule has 0 spiro atoms. The standard InChI is InChI=1S/C36H21N5/c1-2-9-22(10-3-1)40-29-17-16-24-23-11-5-4-8-21(23)20-27(24)31(29)25-14-15-26-32(34(25)40)33-30(13-7-18-37-33)41-35(26)39-28-12-6-19-38-36(28)41/h1-19H,20H2. The number of para-hydroxylation sites is 1. The Morgan fingerprint density at radius 3 is 2.37 bits per heavy atom. The van der Waals surface area contributed by atoms with E-state index in [4.69, 9.17) is 15.0 Å². The molecule has 0 unspecified atom stereocenters. The van der Waals surface area contributed by atoms with E-state index in [1.54, 1.807) is 0 Å². The number of pyridine rings is 3. The van der Waals surface area contributed by atoms with Crippen molar-refractivity contribution in [1.82, 2.24) is 23.9 Å². The molecule has 0 radical (unpaired) electrons. The molecule has 0 fully saturated rings. The summed E-state index contributed by atoms with van der Waals surface area (Å²) < 4.78 is 4.59. The Kier molecular flexibility index (Phi) is 3.92. The average molecular weight is 524 g/mol. The fourth-order valence-corrected chi connectivity index (χ4v) is 7.19. The first kappa shape index (κ1) is 21.3. The first-order valence-corrected chi connectivity index (χ1v) is 13.9. The number of imidazole rings is 1. The minimum atomic E-state index is 0.849. The number of fused-ring (bicyclic) bond motifs is 16. The van der Waals surface area contributed by atoms with Crippen LogP contribution in [-0.4, -0.2) is 23.9 Å². The van der Waals surface area contributed by atoms with Crippen molar-refractivity contribution in [2.45, 2.75) is 6.42 Å². The van der Waals surface area contributed by atoms with Crippen molar-refractivity contribution in [3.63, 3.8) is 0 Å². The van der Waals surface area contributed by atoms with Crippen LogP contribution in [0.15, 0.2) is 116 Å². The molecule has 1 aliphatic rings. The van der Waals surface area contributed by atoms with Crippen molar-refractivity contribution in [1.29, 1.82) is 0 Å². The molecule has 5 heterocycles. The number of rotatable bonds is 1. The minimum Gasteiger partial charge on any atom is -0.309 e. The Morgan fingerprint density at radius 2 is 1.41 bits per heavy atom. The summed E-state index contributed by atoms with van der Waals surface area (Å²) in [5, 5.41) is 4.75. The molecule has 41 heavy (non-hydrogen) atoms. The fourth-order valence-electron chi connectivity index (χ4n) is 7.19. The van der Waals surface area contributed by atoms with Crippen LogP contribution in [0, 0.1) is 0 Å². The molecule has 190 valence electrons.